The molecular weight excluding hydrogens is 216 g/mol. The van der Waals surface area contributed by atoms with Gasteiger partial charge in [0.05, 0.1) is 6.04 Å². The number of hydrogen-bond donors (Lipinski definition) is 2. The molecule has 0 aliphatic carbocycles. The number of aliphatic hydroxyl groups excluding tert-OH is 1. The molecule has 0 spiro atoms. The Morgan fingerprint density at radius 3 is 2.71 bits per heavy atom. The van der Waals surface area contributed by atoms with Crippen molar-refractivity contribution in [3.63, 3.8) is 0 Å². The average molecular weight is 242 g/mol. The van der Waals surface area contributed by atoms with Crippen LogP contribution in [0.3, 0.4) is 0 Å². The van der Waals surface area contributed by atoms with Crippen LogP contribution in [0.1, 0.15) is 33.6 Å². The summed E-state index contributed by atoms with van der Waals surface area (Å²) in [5.74, 6) is 1.08. The molecule has 100 valence electrons. The van der Waals surface area contributed by atoms with Crippen LogP contribution in [0.4, 0.5) is 0 Å². The highest BCUT2D eigenvalue weighted by molar-refractivity contribution is 5.81. The molecule has 17 heavy (non-hydrogen) atoms. The summed E-state index contributed by atoms with van der Waals surface area (Å²) < 4.78 is 0. The van der Waals surface area contributed by atoms with Crippen molar-refractivity contribution < 1.29 is 9.90 Å². The Balaban J connectivity index is 2.27. The van der Waals surface area contributed by atoms with E-state index in [4.69, 9.17) is 5.11 Å². The molecule has 4 heteroatoms. The summed E-state index contributed by atoms with van der Waals surface area (Å²) in [7, 11) is 0. The number of amides is 1. The second kappa shape index (κ2) is 6.97. The van der Waals surface area contributed by atoms with E-state index >= 15 is 0 Å². The minimum absolute atomic E-state index is 0.0706. The molecule has 1 aliphatic rings. The molecule has 1 rings (SSSR count). The fourth-order valence-electron chi connectivity index (χ4n) is 2.16. The average Bonchev–Trinajstić information content (AvgIpc) is 2.75. The number of rotatable bonds is 6. The number of carbonyl (C=O) groups is 1. The van der Waals surface area contributed by atoms with E-state index in [1.165, 1.54) is 0 Å². The standard InChI is InChI=1S/C13H26N2O2/c1-10(2)4-6-14-13(17)11(3)15-7-5-12(8-15)9-16/h10-12,16H,4-9H2,1-3H3,(H,14,17). The Morgan fingerprint density at radius 1 is 1.47 bits per heavy atom. The van der Waals surface area contributed by atoms with Gasteiger partial charge in [-0.1, -0.05) is 13.8 Å². The summed E-state index contributed by atoms with van der Waals surface area (Å²) in [5.41, 5.74) is 0. The van der Waals surface area contributed by atoms with E-state index in [1.807, 2.05) is 6.92 Å². The summed E-state index contributed by atoms with van der Waals surface area (Å²) in [4.78, 5) is 14.0. The van der Waals surface area contributed by atoms with Crippen molar-refractivity contribution in [2.24, 2.45) is 11.8 Å². The van der Waals surface area contributed by atoms with Crippen LogP contribution in [-0.2, 0) is 4.79 Å². The van der Waals surface area contributed by atoms with Gasteiger partial charge in [0.1, 0.15) is 0 Å². The largest absolute Gasteiger partial charge is 0.396 e. The zero-order valence-corrected chi connectivity index (χ0v) is 11.3. The van der Waals surface area contributed by atoms with Gasteiger partial charge in [0.25, 0.3) is 0 Å². The summed E-state index contributed by atoms with van der Waals surface area (Å²) in [6.07, 6.45) is 2.03. The monoisotopic (exact) mass is 242 g/mol. The smallest absolute Gasteiger partial charge is 0.237 e. The van der Waals surface area contributed by atoms with Gasteiger partial charge in [0, 0.05) is 19.7 Å². The van der Waals surface area contributed by atoms with Crippen LogP contribution in [0.25, 0.3) is 0 Å². The molecule has 1 heterocycles. The Kier molecular flexibility index (Phi) is 5.92. The van der Waals surface area contributed by atoms with Crippen LogP contribution in [0.2, 0.25) is 0 Å². The summed E-state index contributed by atoms with van der Waals surface area (Å²) in [6.45, 7) is 9.02. The highest BCUT2D eigenvalue weighted by Crippen LogP contribution is 2.17. The van der Waals surface area contributed by atoms with Gasteiger partial charge < -0.3 is 10.4 Å². The Hall–Kier alpha value is -0.610. The first kappa shape index (κ1) is 14.5. The number of carbonyl (C=O) groups excluding carboxylic acids is 1. The summed E-state index contributed by atoms with van der Waals surface area (Å²) in [6, 6.07) is -0.0706. The zero-order chi connectivity index (χ0) is 12.8. The van der Waals surface area contributed by atoms with Gasteiger partial charge in [-0.25, -0.2) is 0 Å². The second-order valence-corrected chi connectivity index (χ2v) is 5.48. The topological polar surface area (TPSA) is 52.6 Å². The molecule has 1 amide bonds. The first-order valence-electron chi connectivity index (χ1n) is 6.67. The van der Waals surface area contributed by atoms with E-state index < -0.39 is 0 Å². The lowest BCUT2D eigenvalue weighted by molar-refractivity contribution is -0.125. The maximum atomic E-state index is 11.9. The Labute approximate surface area is 104 Å². The van der Waals surface area contributed by atoms with E-state index in [-0.39, 0.29) is 18.6 Å². The predicted octanol–water partition coefficient (Wildman–Crippen LogP) is 0.851. The van der Waals surface area contributed by atoms with E-state index in [9.17, 15) is 4.79 Å². The quantitative estimate of drug-likeness (QED) is 0.726. The third-order valence-corrected chi connectivity index (χ3v) is 3.52. The van der Waals surface area contributed by atoms with Crippen molar-refractivity contribution in [2.45, 2.75) is 39.7 Å². The molecule has 2 unspecified atom stereocenters. The summed E-state index contributed by atoms with van der Waals surface area (Å²) >= 11 is 0. The molecule has 1 aliphatic heterocycles. The Bertz CT molecular complexity index is 244. The highest BCUT2D eigenvalue weighted by atomic mass is 16.3. The molecule has 0 radical (unpaired) electrons. The lowest BCUT2D eigenvalue weighted by atomic mass is 10.1. The molecule has 0 bridgehead atoms. The lowest BCUT2D eigenvalue weighted by Crippen LogP contribution is -2.44. The third kappa shape index (κ3) is 4.64. The lowest BCUT2D eigenvalue weighted by Gasteiger charge is -2.23. The van der Waals surface area contributed by atoms with Gasteiger partial charge in [-0.05, 0) is 38.1 Å². The van der Waals surface area contributed by atoms with Gasteiger partial charge in [-0.15, -0.1) is 0 Å². The van der Waals surface area contributed by atoms with E-state index in [1.54, 1.807) is 0 Å². The maximum Gasteiger partial charge on any atom is 0.237 e. The normalized spacial score (nSPS) is 23.0. The van der Waals surface area contributed by atoms with Crippen molar-refractivity contribution in [2.75, 3.05) is 26.2 Å². The highest BCUT2D eigenvalue weighted by Gasteiger charge is 2.28. The molecule has 0 aromatic rings. The molecule has 4 nitrogen and oxygen atoms in total. The van der Waals surface area contributed by atoms with Gasteiger partial charge in [0.15, 0.2) is 0 Å². The molecule has 0 aromatic heterocycles. The molecule has 1 fully saturated rings. The summed E-state index contributed by atoms with van der Waals surface area (Å²) in [5, 5.41) is 12.1. The molecule has 0 aromatic carbocycles. The Morgan fingerprint density at radius 2 is 2.18 bits per heavy atom. The van der Waals surface area contributed by atoms with Crippen LogP contribution < -0.4 is 5.32 Å². The predicted molar refractivity (Wildman–Crippen MR) is 68.7 cm³/mol. The number of likely N-dealkylation sites (tertiary alicyclic amines) is 1. The van der Waals surface area contributed by atoms with E-state index in [0.29, 0.717) is 11.8 Å². The zero-order valence-electron chi connectivity index (χ0n) is 11.3. The van der Waals surface area contributed by atoms with Gasteiger partial charge in [-0.3, -0.25) is 9.69 Å². The van der Waals surface area contributed by atoms with E-state index in [0.717, 1.165) is 32.5 Å². The molecule has 2 N–H and O–H groups in total. The maximum absolute atomic E-state index is 11.9. The number of nitrogens with zero attached hydrogens (tertiary/aromatic N) is 1. The van der Waals surface area contributed by atoms with Gasteiger partial charge >= 0.3 is 0 Å². The number of nitrogens with one attached hydrogen (secondary N) is 1. The molecule has 0 saturated carbocycles. The molecule has 2 atom stereocenters. The number of hydrogen-bond acceptors (Lipinski definition) is 3. The van der Waals surface area contributed by atoms with Crippen molar-refractivity contribution in [1.29, 1.82) is 0 Å². The first-order chi connectivity index (χ1) is 8.04. The van der Waals surface area contributed by atoms with Gasteiger partial charge in [-0.2, -0.15) is 0 Å². The van der Waals surface area contributed by atoms with Crippen LogP contribution >= 0.6 is 0 Å². The van der Waals surface area contributed by atoms with Crippen LogP contribution in [0.15, 0.2) is 0 Å². The fourth-order valence-corrected chi connectivity index (χ4v) is 2.16. The van der Waals surface area contributed by atoms with Crippen molar-refractivity contribution in [3.8, 4) is 0 Å². The van der Waals surface area contributed by atoms with E-state index in [2.05, 4.69) is 24.1 Å². The van der Waals surface area contributed by atoms with Gasteiger partial charge in [0.2, 0.25) is 5.91 Å². The fraction of sp³-hybridized carbons (Fsp3) is 0.923. The van der Waals surface area contributed by atoms with Crippen LogP contribution in [-0.4, -0.2) is 48.2 Å². The van der Waals surface area contributed by atoms with Crippen molar-refractivity contribution >= 4 is 5.91 Å². The second-order valence-electron chi connectivity index (χ2n) is 5.48. The third-order valence-electron chi connectivity index (χ3n) is 3.52. The number of aliphatic hydroxyl groups is 1. The minimum atomic E-state index is -0.0706. The first-order valence-corrected chi connectivity index (χ1v) is 6.67. The molecule has 1 saturated heterocycles. The minimum Gasteiger partial charge on any atom is -0.396 e. The van der Waals surface area contributed by atoms with Crippen molar-refractivity contribution in [1.82, 2.24) is 10.2 Å². The van der Waals surface area contributed by atoms with Crippen LogP contribution in [0.5, 0.6) is 0 Å². The van der Waals surface area contributed by atoms with Crippen molar-refractivity contribution in [3.05, 3.63) is 0 Å². The SMILES string of the molecule is CC(C)CCNC(=O)C(C)N1CCC(CO)C1. The molecular formula is C13H26N2O2. The van der Waals surface area contributed by atoms with Crippen LogP contribution in [0, 0.1) is 11.8 Å².